The highest BCUT2D eigenvalue weighted by atomic mass is 35.5. The van der Waals surface area contributed by atoms with Gasteiger partial charge in [-0.2, -0.15) is 0 Å². The zero-order valence-corrected chi connectivity index (χ0v) is 17.9. The summed E-state index contributed by atoms with van der Waals surface area (Å²) in [7, 11) is -8.84. The molecular weight excluding hydrogens is 332 g/mol. The van der Waals surface area contributed by atoms with Gasteiger partial charge in [-0.3, -0.25) is 0 Å². The van der Waals surface area contributed by atoms with Crippen LogP contribution in [0.3, 0.4) is 0 Å². The van der Waals surface area contributed by atoms with Crippen molar-refractivity contribution in [1.82, 2.24) is 0 Å². The summed E-state index contributed by atoms with van der Waals surface area (Å²) in [5.41, 5.74) is 0. The van der Waals surface area contributed by atoms with Gasteiger partial charge in [0.05, 0.1) is 0 Å². The van der Waals surface area contributed by atoms with Gasteiger partial charge < -0.3 is 16.5 Å². The quantitative estimate of drug-likeness (QED) is 0.566. The predicted octanol–water partition coefficient (Wildman–Crippen LogP) is 3.87. The molecule has 0 saturated carbocycles. The monoisotopic (exact) mass is 358 g/mol. The molecule has 0 unspecified atom stereocenters. The molecule has 0 aromatic heterocycles. The molecular formula is C10H27ClO4Si4. The lowest BCUT2D eigenvalue weighted by Crippen LogP contribution is -2.65. The third-order valence-corrected chi connectivity index (χ3v) is 19.5. The Morgan fingerprint density at radius 1 is 0.684 bits per heavy atom. The summed E-state index contributed by atoms with van der Waals surface area (Å²) in [5, 5.41) is 0. The van der Waals surface area contributed by atoms with Gasteiger partial charge in [-0.05, 0) is 58.3 Å². The topological polar surface area (TPSA) is 36.9 Å². The van der Waals surface area contributed by atoms with Crippen molar-refractivity contribution in [3.05, 3.63) is 0 Å². The van der Waals surface area contributed by atoms with Crippen LogP contribution < -0.4 is 0 Å². The molecule has 0 aromatic carbocycles. The highest BCUT2D eigenvalue weighted by molar-refractivity contribution is 6.93. The van der Waals surface area contributed by atoms with Crippen molar-refractivity contribution in [2.24, 2.45) is 0 Å². The fraction of sp³-hybridized carbons (Fsp3) is 1.00. The number of rotatable bonds is 3. The van der Waals surface area contributed by atoms with Crippen LogP contribution in [-0.2, 0) is 16.5 Å². The minimum absolute atomic E-state index is 0.640. The fourth-order valence-electron chi connectivity index (χ4n) is 2.80. The molecule has 9 heteroatoms. The lowest BCUT2D eigenvalue weighted by Gasteiger charge is -2.47. The van der Waals surface area contributed by atoms with E-state index in [1.54, 1.807) is 0 Å². The lowest BCUT2D eigenvalue weighted by molar-refractivity contribution is 0.234. The van der Waals surface area contributed by atoms with Crippen LogP contribution in [0.5, 0.6) is 0 Å². The molecule has 1 saturated heterocycles. The second kappa shape index (κ2) is 6.01. The Morgan fingerprint density at radius 3 is 1.42 bits per heavy atom. The van der Waals surface area contributed by atoms with Gasteiger partial charge in [0, 0.05) is 5.88 Å². The Kier molecular flexibility index (Phi) is 5.71. The Morgan fingerprint density at radius 2 is 1.05 bits per heavy atom. The largest absolute Gasteiger partial charge is 0.416 e. The van der Waals surface area contributed by atoms with Gasteiger partial charge in [-0.1, -0.05) is 0 Å². The van der Waals surface area contributed by atoms with Crippen LogP contribution in [0.25, 0.3) is 0 Å². The maximum atomic E-state index is 6.40. The van der Waals surface area contributed by atoms with Gasteiger partial charge in [0.15, 0.2) is 0 Å². The molecule has 1 aliphatic rings. The van der Waals surface area contributed by atoms with E-state index >= 15 is 0 Å². The van der Waals surface area contributed by atoms with Crippen LogP contribution in [0, 0.1) is 0 Å². The van der Waals surface area contributed by atoms with E-state index in [9.17, 15) is 0 Å². The number of alkyl halides is 1. The van der Waals surface area contributed by atoms with Gasteiger partial charge in [0.2, 0.25) is 0 Å². The van der Waals surface area contributed by atoms with Crippen molar-refractivity contribution in [3.63, 3.8) is 0 Å². The van der Waals surface area contributed by atoms with Crippen LogP contribution in [0.15, 0.2) is 0 Å². The third-order valence-electron chi connectivity index (χ3n) is 2.67. The van der Waals surface area contributed by atoms with Crippen molar-refractivity contribution in [1.29, 1.82) is 0 Å². The minimum Gasteiger partial charge on any atom is -0.416 e. The van der Waals surface area contributed by atoms with E-state index in [1.165, 1.54) is 0 Å². The standard InChI is InChI=1S/C10H27ClO4Si4/c1-16(2)12-17(3,4)14-19(7,10-8-9-11)15-18(5,6)13-16/h8-10H2,1-7H3. The predicted molar refractivity (Wildman–Crippen MR) is 88.5 cm³/mol. The van der Waals surface area contributed by atoms with Gasteiger partial charge >= 0.3 is 34.2 Å². The van der Waals surface area contributed by atoms with Crippen LogP contribution in [0.2, 0.25) is 51.9 Å². The van der Waals surface area contributed by atoms with E-state index in [0.717, 1.165) is 12.5 Å². The summed E-state index contributed by atoms with van der Waals surface area (Å²) < 4.78 is 25.3. The number of hydrogen-bond acceptors (Lipinski definition) is 4. The highest BCUT2D eigenvalue weighted by Crippen LogP contribution is 2.32. The van der Waals surface area contributed by atoms with Gasteiger partial charge in [-0.25, -0.2) is 0 Å². The molecule has 0 bridgehead atoms. The van der Waals surface area contributed by atoms with Crippen LogP contribution >= 0.6 is 11.6 Å². The first-order valence-electron chi connectivity index (χ1n) is 6.75. The summed E-state index contributed by atoms with van der Waals surface area (Å²) in [5.74, 6) is 0.640. The van der Waals surface area contributed by atoms with E-state index < -0.39 is 34.2 Å². The molecule has 1 fully saturated rings. The highest BCUT2D eigenvalue weighted by Gasteiger charge is 2.51. The summed E-state index contributed by atoms with van der Waals surface area (Å²) in [6, 6.07) is 0.901. The molecule has 0 radical (unpaired) electrons. The lowest BCUT2D eigenvalue weighted by atomic mass is 10.6. The molecule has 4 nitrogen and oxygen atoms in total. The molecule has 0 amide bonds. The van der Waals surface area contributed by atoms with E-state index in [-0.39, 0.29) is 0 Å². The maximum Gasteiger partial charge on any atom is 0.317 e. The van der Waals surface area contributed by atoms with Crippen molar-refractivity contribution >= 4 is 45.8 Å². The molecule has 1 rings (SSSR count). The van der Waals surface area contributed by atoms with Crippen molar-refractivity contribution in [3.8, 4) is 0 Å². The minimum atomic E-state index is -2.26. The van der Waals surface area contributed by atoms with Gasteiger partial charge in [-0.15, -0.1) is 11.6 Å². The number of hydrogen-bond donors (Lipinski definition) is 0. The normalized spacial score (nSPS) is 28.4. The Balaban J connectivity index is 2.97. The first kappa shape index (κ1) is 18.0. The number of halogens is 1. The summed E-state index contributed by atoms with van der Waals surface area (Å²) >= 11 is 5.82. The second-order valence-electron chi connectivity index (χ2n) is 6.53. The van der Waals surface area contributed by atoms with E-state index in [0.29, 0.717) is 5.88 Å². The van der Waals surface area contributed by atoms with E-state index in [2.05, 4.69) is 45.8 Å². The smallest absolute Gasteiger partial charge is 0.317 e. The zero-order chi connectivity index (χ0) is 14.9. The molecule has 0 atom stereocenters. The molecule has 1 aliphatic heterocycles. The maximum absolute atomic E-state index is 6.40. The van der Waals surface area contributed by atoms with Crippen molar-refractivity contribution in [2.45, 2.75) is 58.3 Å². The van der Waals surface area contributed by atoms with Gasteiger partial charge in [0.1, 0.15) is 0 Å². The molecule has 19 heavy (non-hydrogen) atoms. The summed E-state index contributed by atoms with van der Waals surface area (Å²) in [6.45, 7) is 14.6. The molecule has 0 aliphatic carbocycles. The van der Waals surface area contributed by atoms with E-state index in [4.69, 9.17) is 28.1 Å². The SMILES string of the molecule is C[Si]1(C)O[Si](C)(C)O[Si](C)(CCCCl)O[Si](C)(C)O1. The average Bonchev–Trinajstić information content (AvgIpc) is 2.06. The molecule has 0 spiro atoms. The van der Waals surface area contributed by atoms with Crippen LogP contribution in [0.4, 0.5) is 0 Å². The van der Waals surface area contributed by atoms with Crippen LogP contribution in [0.1, 0.15) is 6.42 Å². The molecule has 1 heterocycles. The molecule has 0 N–H and O–H groups in total. The molecule has 0 aromatic rings. The summed E-state index contributed by atoms with van der Waals surface area (Å²) in [6.07, 6.45) is 0.917. The first-order valence-corrected chi connectivity index (χ1v) is 18.3. The van der Waals surface area contributed by atoms with Crippen LogP contribution in [-0.4, -0.2) is 40.1 Å². The Labute approximate surface area is 126 Å². The van der Waals surface area contributed by atoms with E-state index in [1.807, 2.05) is 0 Å². The van der Waals surface area contributed by atoms with Crippen molar-refractivity contribution in [2.75, 3.05) is 5.88 Å². The van der Waals surface area contributed by atoms with Crippen molar-refractivity contribution < 1.29 is 16.5 Å². The third kappa shape index (κ3) is 6.10. The van der Waals surface area contributed by atoms with Gasteiger partial charge in [0.25, 0.3) is 0 Å². The zero-order valence-electron chi connectivity index (χ0n) is 13.1. The second-order valence-corrected chi connectivity index (χ2v) is 21.3. The average molecular weight is 359 g/mol. The fourth-order valence-corrected chi connectivity index (χ4v) is 24.7. The summed E-state index contributed by atoms with van der Waals surface area (Å²) in [4.78, 5) is 0. The molecule has 114 valence electrons. The Bertz CT molecular complexity index is 303. The first-order chi connectivity index (χ1) is 8.39. The Hall–Kier alpha value is 0.998.